The Hall–Kier alpha value is -0.940. The zero-order chi connectivity index (χ0) is 12.3. The molecular weight excluding hydrogens is 218 g/mol. The molecular formula is C12H21N3O2. The van der Waals surface area contributed by atoms with Crippen molar-refractivity contribution < 1.29 is 9.26 Å². The van der Waals surface area contributed by atoms with E-state index in [0.29, 0.717) is 12.6 Å². The van der Waals surface area contributed by atoms with Crippen LogP contribution in [-0.2, 0) is 11.3 Å². The van der Waals surface area contributed by atoms with E-state index in [-0.39, 0.29) is 12.0 Å². The van der Waals surface area contributed by atoms with Gasteiger partial charge in [0.1, 0.15) is 0 Å². The van der Waals surface area contributed by atoms with Gasteiger partial charge >= 0.3 is 0 Å². The van der Waals surface area contributed by atoms with Crippen molar-refractivity contribution in [2.75, 3.05) is 6.61 Å². The van der Waals surface area contributed by atoms with Gasteiger partial charge in [0, 0.05) is 12.6 Å². The Bertz CT molecular complexity index is 351. The van der Waals surface area contributed by atoms with Crippen molar-refractivity contribution in [3.63, 3.8) is 0 Å². The summed E-state index contributed by atoms with van der Waals surface area (Å²) in [6, 6.07) is 0.426. The van der Waals surface area contributed by atoms with Crippen molar-refractivity contribution in [3.05, 3.63) is 11.7 Å². The van der Waals surface area contributed by atoms with Crippen LogP contribution in [0, 0.1) is 0 Å². The van der Waals surface area contributed by atoms with Crippen LogP contribution >= 0.6 is 0 Å². The van der Waals surface area contributed by atoms with E-state index in [1.54, 1.807) is 0 Å². The Labute approximate surface area is 102 Å². The van der Waals surface area contributed by atoms with Gasteiger partial charge < -0.3 is 14.6 Å². The number of ether oxygens (including phenoxy) is 1. The van der Waals surface area contributed by atoms with Crippen LogP contribution in [0.3, 0.4) is 0 Å². The highest BCUT2D eigenvalue weighted by molar-refractivity contribution is 5.00. The molecule has 96 valence electrons. The Morgan fingerprint density at radius 2 is 2.29 bits per heavy atom. The molecule has 0 saturated carbocycles. The zero-order valence-electron chi connectivity index (χ0n) is 10.8. The molecule has 17 heavy (non-hydrogen) atoms. The second-order valence-corrected chi connectivity index (χ2v) is 4.80. The molecule has 5 nitrogen and oxygen atoms in total. The lowest BCUT2D eigenvalue weighted by Crippen LogP contribution is -2.22. The molecule has 0 aromatic carbocycles. The van der Waals surface area contributed by atoms with Crippen LogP contribution in [0.25, 0.3) is 0 Å². The minimum absolute atomic E-state index is 0.237. The third-order valence-corrected chi connectivity index (χ3v) is 3.08. The molecule has 0 aliphatic carbocycles. The number of nitrogens with one attached hydrogen (secondary N) is 1. The van der Waals surface area contributed by atoms with Gasteiger partial charge in [-0.05, 0) is 12.8 Å². The molecule has 2 unspecified atom stereocenters. The van der Waals surface area contributed by atoms with Crippen molar-refractivity contribution in [1.82, 2.24) is 15.5 Å². The fraction of sp³-hybridized carbons (Fsp3) is 0.833. The molecule has 1 fully saturated rings. The Morgan fingerprint density at radius 1 is 1.47 bits per heavy atom. The normalized spacial score (nSPS) is 24.7. The average Bonchev–Trinajstić information content (AvgIpc) is 2.94. The van der Waals surface area contributed by atoms with Crippen LogP contribution in [0.1, 0.15) is 51.2 Å². The first kappa shape index (κ1) is 12.5. The molecule has 0 radical (unpaired) electrons. The molecule has 2 heterocycles. The van der Waals surface area contributed by atoms with Crippen LogP contribution in [-0.4, -0.2) is 28.9 Å². The van der Waals surface area contributed by atoms with E-state index in [1.165, 1.54) is 0 Å². The van der Waals surface area contributed by atoms with Gasteiger partial charge in [0.15, 0.2) is 5.82 Å². The van der Waals surface area contributed by atoms with E-state index in [2.05, 4.69) is 36.2 Å². The number of nitrogens with zero attached hydrogens (tertiary/aromatic N) is 2. The lowest BCUT2D eigenvalue weighted by molar-refractivity contribution is 0.0953. The summed E-state index contributed by atoms with van der Waals surface area (Å²) >= 11 is 0. The van der Waals surface area contributed by atoms with Gasteiger partial charge in [-0.25, -0.2) is 0 Å². The minimum atomic E-state index is 0.237. The Morgan fingerprint density at radius 3 is 3.00 bits per heavy atom. The summed E-state index contributed by atoms with van der Waals surface area (Å²) in [6.07, 6.45) is 2.21. The SMILES string of the molecule is CCC1OCCC1c1nc(CNC(C)C)no1. The molecule has 0 spiro atoms. The van der Waals surface area contributed by atoms with Crippen molar-refractivity contribution in [2.45, 2.75) is 58.2 Å². The number of rotatable bonds is 5. The van der Waals surface area contributed by atoms with Gasteiger partial charge in [0.2, 0.25) is 5.89 Å². The largest absolute Gasteiger partial charge is 0.377 e. The summed E-state index contributed by atoms with van der Waals surface area (Å²) in [4.78, 5) is 4.44. The van der Waals surface area contributed by atoms with E-state index in [9.17, 15) is 0 Å². The first-order chi connectivity index (χ1) is 8.20. The molecule has 1 aliphatic rings. The standard InChI is InChI=1S/C12H21N3O2/c1-4-10-9(5-6-16-10)12-14-11(15-17-12)7-13-8(2)3/h8-10,13H,4-7H2,1-3H3. The molecule has 1 aromatic rings. The van der Waals surface area contributed by atoms with Crippen LogP contribution in [0.5, 0.6) is 0 Å². The first-order valence-electron chi connectivity index (χ1n) is 6.38. The smallest absolute Gasteiger partial charge is 0.232 e. The third kappa shape index (κ3) is 3.04. The summed E-state index contributed by atoms with van der Waals surface area (Å²) in [6.45, 7) is 7.77. The molecule has 0 bridgehead atoms. The van der Waals surface area contributed by atoms with Crippen LogP contribution in [0.2, 0.25) is 0 Å². The van der Waals surface area contributed by atoms with Gasteiger partial charge in [-0.3, -0.25) is 0 Å². The first-order valence-corrected chi connectivity index (χ1v) is 6.38. The Kier molecular flexibility index (Phi) is 4.12. The topological polar surface area (TPSA) is 60.2 Å². The highest BCUT2D eigenvalue weighted by atomic mass is 16.5. The lowest BCUT2D eigenvalue weighted by atomic mass is 10.00. The van der Waals surface area contributed by atoms with Crippen molar-refractivity contribution in [1.29, 1.82) is 0 Å². The molecule has 1 N–H and O–H groups in total. The molecule has 1 aliphatic heterocycles. The van der Waals surface area contributed by atoms with Gasteiger partial charge in [-0.2, -0.15) is 4.98 Å². The maximum absolute atomic E-state index is 5.63. The predicted octanol–water partition coefficient (Wildman–Crippen LogP) is 1.85. The van der Waals surface area contributed by atoms with E-state index in [4.69, 9.17) is 9.26 Å². The van der Waals surface area contributed by atoms with Gasteiger partial charge in [0.25, 0.3) is 0 Å². The van der Waals surface area contributed by atoms with Gasteiger partial charge in [-0.1, -0.05) is 25.9 Å². The molecule has 2 rings (SSSR count). The third-order valence-electron chi connectivity index (χ3n) is 3.08. The molecule has 0 amide bonds. The van der Waals surface area contributed by atoms with E-state index < -0.39 is 0 Å². The van der Waals surface area contributed by atoms with E-state index in [1.807, 2.05) is 0 Å². The highest BCUT2D eigenvalue weighted by Crippen LogP contribution is 2.31. The van der Waals surface area contributed by atoms with Crippen molar-refractivity contribution in [2.24, 2.45) is 0 Å². The maximum atomic E-state index is 5.63. The highest BCUT2D eigenvalue weighted by Gasteiger charge is 2.32. The number of hydrogen-bond donors (Lipinski definition) is 1. The fourth-order valence-corrected chi connectivity index (χ4v) is 2.12. The maximum Gasteiger partial charge on any atom is 0.232 e. The van der Waals surface area contributed by atoms with Crippen LogP contribution in [0.15, 0.2) is 4.52 Å². The molecule has 1 aromatic heterocycles. The second-order valence-electron chi connectivity index (χ2n) is 4.80. The minimum Gasteiger partial charge on any atom is -0.377 e. The van der Waals surface area contributed by atoms with Crippen molar-refractivity contribution >= 4 is 0 Å². The quantitative estimate of drug-likeness (QED) is 0.849. The van der Waals surface area contributed by atoms with Gasteiger partial charge in [-0.15, -0.1) is 0 Å². The van der Waals surface area contributed by atoms with E-state index >= 15 is 0 Å². The van der Waals surface area contributed by atoms with Crippen LogP contribution < -0.4 is 5.32 Å². The summed E-state index contributed by atoms with van der Waals surface area (Å²) in [7, 11) is 0. The second kappa shape index (κ2) is 5.60. The summed E-state index contributed by atoms with van der Waals surface area (Å²) in [5, 5.41) is 7.27. The van der Waals surface area contributed by atoms with E-state index in [0.717, 1.165) is 31.2 Å². The predicted molar refractivity (Wildman–Crippen MR) is 63.7 cm³/mol. The van der Waals surface area contributed by atoms with Gasteiger partial charge in [0.05, 0.1) is 18.6 Å². The monoisotopic (exact) mass is 239 g/mol. The van der Waals surface area contributed by atoms with Crippen molar-refractivity contribution in [3.8, 4) is 0 Å². The molecule has 2 atom stereocenters. The molecule has 5 heteroatoms. The lowest BCUT2D eigenvalue weighted by Gasteiger charge is -2.11. The number of aromatic nitrogens is 2. The molecule has 1 saturated heterocycles. The Balaban J connectivity index is 1.97. The number of hydrogen-bond acceptors (Lipinski definition) is 5. The summed E-state index contributed by atoms with van der Waals surface area (Å²) in [5.74, 6) is 1.74. The zero-order valence-corrected chi connectivity index (χ0v) is 10.8. The summed E-state index contributed by atoms with van der Waals surface area (Å²) in [5.41, 5.74) is 0. The average molecular weight is 239 g/mol. The summed E-state index contributed by atoms with van der Waals surface area (Å²) < 4.78 is 11.0. The van der Waals surface area contributed by atoms with Crippen LogP contribution in [0.4, 0.5) is 0 Å². The fourth-order valence-electron chi connectivity index (χ4n) is 2.12.